The SMILES string of the molecule is CC.Cc1ccnc(Nc2cccc(-c3cnc(COCC(=O)N4CC(=O)NC(=O)C4)s3)n2)c1. The highest BCUT2D eigenvalue weighted by atomic mass is 32.1. The van der Waals surface area contributed by atoms with Gasteiger partial charge in [-0.05, 0) is 36.8 Å². The number of anilines is 2. The first-order valence-corrected chi connectivity index (χ1v) is 11.6. The fraction of sp³-hybridized carbons (Fsp3) is 0.304. The van der Waals surface area contributed by atoms with Gasteiger partial charge in [-0.2, -0.15) is 0 Å². The Morgan fingerprint density at radius 2 is 1.91 bits per heavy atom. The molecule has 0 unspecified atom stereocenters. The molecule has 4 heterocycles. The van der Waals surface area contributed by atoms with Gasteiger partial charge in [0.05, 0.1) is 17.2 Å². The zero-order valence-electron chi connectivity index (χ0n) is 19.2. The van der Waals surface area contributed by atoms with Gasteiger partial charge in [0.1, 0.15) is 36.3 Å². The average molecular weight is 483 g/mol. The number of hydrogen-bond acceptors (Lipinski definition) is 9. The smallest absolute Gasteiger partial charge is 0.249 e. The van der Waals surface area contributed by atoms with Crippen LogP contribution >= 0.6 is 11.3 Å². The minimum atomic E-state index is -0.499. The second kappa shape index (κ2) is 12.0. The average Bonchev–Trinajstić information content (AvgIpc) is 3.29. The van der Waals surface area contributed by atoms with E-state index in [0.29, 0.717) is 16.6 Å². The number of ether oxygens (including phenoxy) is 1. The number of carbonyl (C=O) groups is 3. The van der Waals surface area contributed by atoms with Crippen LogP contribution in [0.5, 0.6) is 0 Å². The molecule has 2 N–H and O–H groups in total. The van der Waals surface area contributed by atoms with E-state index in [4.69, 9.17) is 4.74 Å². The van der Waals surface area contributed by atoms with Crippen molar-refractivity contribution in [3.05, 3.63) is 53.3 Å². The third-order valence-corrected chi connectivity index (χ3v) is 5.47. The summed E-state index contributed by atoms with van der Waals surface area (Å²) in [6, 6.07) is 9.49. The molecule has 3 aromatic heterocycles. The summed E-state index contributed by atoms with van der Waals surface area (Å²) in [6.45, 7) is 5.59. The quantitative estimate of drug-likeness (QED) is 0.492. The first-order chi connectivity index (χ1) is 16.5. The van der Waals surface area contributed by atoms with Gasteiger partial charge in [0.2, 0.25) is 17.7 Å². The van der Waals surface area contributed by atoms with Crippen LogP contribution in [-0.2, 0) is 25.7 Å². The van der Waals surface area contributed by atoms with Crippen LogP contribution in [0, 0.1) is 6.92 Å². The second-order valence-electron chi connectivity index (χ2n) is 7.08. The van der Waals surface area contributed by atoms with Crippen LogP contribution in [0.1, 0.15) is 24.4 Å². The molecule has 4 rings (SSSR count). The molecule has 1 saturated heterocycles. The highest BCUT2D eigenvalue weighted by Crippen LogP contribution is 2.26. The summed E-state index contributed by atoms with van der Waals surface area (Å²) in [4.78, 5) is 50.1. The lowest BCUT2D eigenvalue weighted by molar-refractivity contribution is -0.148. The summed E-state index contributed by atoms with van der Waals surface area (Å²) in [5, 5.41) is 6.02. The number of hydrogen-bond donors (Lipinski definition) is 2. The number of nitrogens with zero attached hydrogens (tertiary/aromatic N) is 4. The summed E-state index contributed by atoms with van der Waals surface area (Å²) in [6.07, 6.45) is 3.44. The Hall–Kier alpha value is -3.70. The van der Waals surface area contributed by atoms with Gasteiger partial charge in [-0.1, -0.05) is 19.9 Å². The molecule has 0 radical (unpaired) electrons. The first-order valence-electron chi connectivity index (χ1n) is 10.8. The highest BCUT2D eigenvalue weighted by molar-refractivity contribution is 7.15. The molecule has 178 valence electrons. The molecule has 11 heteroatoms. The number of imide groups is 1. The van der Waals surface area contributed by atoms with E-state index in [2.05, 4.69) is 25.6 Å². The molecule has 34 heavy (non-hydrogen) atoms. The maximum atomic E-state index is 12.1. The van der Waals surface area contributed by atoms with Gasteiger partial charge in [-0.3, -0.25) is 19.7 Å². The van der Waals surface area contributed by atoms with Gasteiger partial charge in [-0.15, -0.1) is 11.3 Å². The van der Waals surface area contributed by atoms with E-state index in [-0.39, 0.29) is 26.3 Å². The largest absolute Gasteiger partial charge is 0.364 e. The summed E-state index contributed by atoms with van der Waals surface area (Å²) in [5.41, 5.74) is 1.85. The number of rotatable bonds is 7. The van der Waals surface area contributed by atoms with Crippen LogP contribution in [0.25, 0.3) is 10.6 Å². The van der Waals surface area contributed by atoms with Gasteiger partial charge < -0.3 is 15.0 Å². The Bertz CT molecular complexity index is 1150. The van der Waals surface area contributed by atoms with Crippen molar-refractivity contribution in [3.8, 4) is 10.6 Å². The van der Waals surface area contributed by atoms with Gasteiger partial charge >= 0.3 is 0 Å². The Balaban J connectivity index is 0.00000158. The molecule has 3 amide bonds. The van der Waals surface area contributed by atoms with Gasteiger partial charge in [-0.25, -0.2) is 15.0 Å². The third-order valence-electron chi connectivity index (χ3n) is 4.48. The third kappa shape index (κ3) is 6.90. The van der Waals surface area contributed by atoms with E-state index in [1.807, 2.05) is 51.1 Å². The number of nitrogens with one attached hydrogen (secondary N) is 2. The molecule has 3 aromatic rings. The van der Waals surface area contributed by atoms with E-state index < -0.39 is 17.7 Å². The molecule has 0 aromatic carbocycles. The van der Waals surface area contributed by atoms with E-state index in [0.717, 1.165) is 16.1 Å². The number of aromatic nitrogens is 3. The molecule has 10 nitrogen and oxygen atoms in total. The zero-order valence-corrected chi connectivity index (χ0v) is 20.0. The molecular weight excluding hydrogens is 456 g/mol. The van der Waals surface area contributed by atoms with Crippen molar-refractivity contribution in [2.24, 2.45) is 0 Å². The molecule has 0 bridgehead atoms. The molecule has 1 fully saturated rings. The van der Waals surface area contributed by atoms with E-state index >= 15 is 0 Å². The second-order valence-corrected chi connectivity index (χ2v) is 8.20. The lowest BCUT2D eigenvalue weighted by Crippen LogP contribution is -2.54. The van der Waals surface area contributed by atoms with Crippen LogP contribution in [0.3, 0.4) is 0 Å². The number of thiazole rings is 1. The number of aryl methyl sites for hydroxylation is 1. The number of piperazine rings is 1. The summed E-state index contributed by atoms with van der Waals surface area (Å²) >= 11 is 1.41. The molecule has 1 aliphatic rings. The molecule has 0 spiro atoms. The van der Waals surface area contributed by atoms with Gasteiger partial charge in [0, 0.05) is 12.4 Å². The zero-order chi connectivity index (χ0) is 24.5. The van der Waals surface area contributed by atoms with Crippen molar-refractivity contribution in [2.75, 3.05) is 25.0 Å². The van der Waals surface area contributed by atoms with Crippen LogP contribution < -0.4 is 10.6 Å². The standard InChI is InChI=1S/C21H20N6O4S.C2H6/c1-13-5-6-22-17(7-13)25-16-4-2-3-14(24-16)15-8-23-20(32-15)11-31-12-21(30)27-9-18(28)26-19(29)10-27;1-2/h2-8H,9-12H2,1H3,(H,22,24,25)(H,26,28,29);1-2H3. The molecule has 1 aliphatic heterocycles. The van der Waals surface area contributed by atoms with Crippen molar-refractivity contribution < 1.29 is 19.1 Å². The number of pyridine rings is 2. The molecule has 0 saturated carbocycles. The van der Waals surface area contributed by atoms with E-state index in [1.54, 1.807) is 12.4 Å². The Kier molecular flexibility index (Phi) is 8.77. The van der Waals surface area contributed by atoms with Crippen molar-refractivity contribution in [1.82, 2.24) is 25.2 Å². The van der Waals surface area contributed by atoms with Crippen molar-refractivity contribution >= 4 is 40.7 Å². The van der Waals surface area contributed by atoms with Crippen LogP contribution in [-0.4, -0.2) is 57.3 Å². The Morgan fingerprint density at radius 1 is 1.15 bits per heavy atom. The van der Waals surface area contributed by atoms with Crippen LogP contribution in [0.2, 0.25) is 0 Å². The molecule has 0 atom stereocenters. The fourth-order valence-corrected chi connectivity index (χ4v) is 3.83. The topological polar surface area (TPSA) is 126 Å². The van der Waals surface area contributed by atoms with Crippen LogP contribution in [0.15, 0.2) is 42.7 Å². The van der Waals surface area contributed by atoms with Gasteiger partial charge in [0.15, 0.2) is 0 Å². The first kappa shape index (κ1) is 24.9. The monoisotopic (exact) mass is 482 g/mol. The molecule has 0 aliphatic carbocycles. The minimum Gasteiger partial charge on any atom is -0.364 e. The maximum Gasteiger partial charge on any atom is 0.249 e. The van der Waals surface area contributed by atoms with E-state index in [9.17, 15) is 14.4 Å². The summed E-state index contributed by atoms with van der Waals surface area (Å²) in [7, 11) is 0. The van der Waals surface area contributed by atoms with Crippen LogP contribution in [0.4, 0.5) is 11.6 Å². The lowest BCUT2D eigenvalue weighted by atomic mass is 10.3. The number of amides is 3. The summed E-state index contributed by atoms with van der Waals surface area (Å²) < 4.78 is 5.44. The predicted octanol–water partition coefficient (Wildman–Crippen LogP) is 2.68. The van der Waals surface area contributed by atoms with Crippen molar-refractivity contribution in [2.45, 2.75) is 27.4 Å². The maximum absolute atomic E-state index is 12.1. The normalized spacial score (nSPS) is 13.1. The molecular formula is C23H26N6O4S. The Morgan fingerprint density at radius 3 is 2.65 bits per heavy atom. The predicted molar refractivity (Wildman–Crippen MR) is 128 cm³/mol. The van der Waals surface area contributed by atoms with Crippen molar-refractivity contribution in [1.29, 1.82) is 0 Å². The van der Waals surface area contributed by atoms with E-state index in [1.165, 1.54) is 16.2 Å². The Labute approximate surface area is 201 Å². The van der Waals surface area contributed by atoms with Gasteiger partial charge in [0.25, 0.3) is 0 Å². The number of carbonyl (C=O) groups excluding carboxylic acids is 3. The summed E-state index contributed by atoms with van der Waals surface area (Å²) in [5.74, 6) is -0.0404. The minimum absolute atomic E-state index is 0.134. The fourth-order valence-electron chi connectivity index (χ4n) is 3.00. The van der Waals surface area contributed by atoms with Crippen molar-refractivity contribution in [3.63, 3.8) is 0 Å². The lowest BCUT2D eigenvalue weighted by Gasteiger charge is -2.25. The highest BCUT2D eigenvalue weighted by Gasteiger charge is 2.26.